The van der Waals surface area contributed by atoms with Crippen LogP contribution in [0.25, 0.3) is 10.4 Å². The summed E-state index contributed by atoms with van der Waals surface area (Å²) in [7, 11) is -4.31. The van der Waals surface area contributed by atoms with Gasteiger partial charge in [0.05, 0.1) is 0 Å². The summed E-state index contributed by atoms with van der Waals surface area (Å²) in [6.45, 7) is 2.90. The number of hydrogen-bond donors (Lipinski definition) is 0. The van der Waals surface area contributed by atoms with Crippen molar-refractivity contribution in [1.29, 1.82) is 0 Å². The summed E-state index contributed by atoms with van der Waals surface area (Å²) in [5, 5.41) is -1.30. The Labute approximate surface area is 56.8 Å². The Hall–Kier alpha value is -1.33. The normalized spacial score (nSPS) is 9.60. The first-order valence-corrected chi connectivity index (χ1v) is 3.46. The molecule has 0 aromatic heterocycles. The van der Waals surface area contributed by atoms with E-state index in [-0.39, 0.29) is 0 Å². The third-order valence-corrected chi connectivity index (χ3v) is 1.53. The van der Waals surface area contributed by atoms with Crippen molar-refractivity contribution in [3.63, 3.8) is 0 Å². The zero-order valence-corrected chi connectivity index (χ0v) is 5.58. The molecule has 0 unspecified atom stereocenters. The summed E-state index contributed by atoms with van der Waals surface area (Å²) >= 11 is 0. The lowest BCUT2D eigenvalue weighted by atomic mass is 10.7. The molecule has 0 N–H and O–H groups in total. The first-order valence-electron chi connectivity index (χ1n) is 2.02. The first-order chi connectivity index (χ1) is 4.54. The second kappa shape index (κ2) is 3.00. The van der Waals surface area contributed by atoms with Crippen molar-refractivity contribution in [3.8, 4) is 0 Å². The van der Waals surface area contributed by atoms with Crippen LogP contribution in [-0.4, -0.2) is 13.5 Å². The highest BCUT2D eigenvalue weighted by Crippen LogP contribution is 1.94. The molecule has 0 aromatic carbocycles. The molecule has 0 fully saturated rings. The predicted molar refractivity (Wildman–Crippen MR) is 33.3 cm³/mol. The van der Waals surface area contributed by atoms with Gasteiger partial charge in [-0.2, -0.15) is 0 Å². The molecule has 0 saturated carbocycles. The predicted octanol–water partition coefficient (Wildman–Crippen LogP) is 0.339. The minimum absolute atomic E-state index is 0.560. The van der Waals surface area contributed by atoms with Gasteiger partial charge in [-0.05, 0) is 11.6 Å². The average molecular weight is 161 g/mol. The van der Waals surface area contributed by atoms with E-state index in [0.717, 1.165) is 0 Å². The van der Waals surface area contributed by atoms with Gasteiger partial charge in [-0.15, -0.1) is 0 Å². The molecule has 0 atom stereocenters. The summed E-state index contributed by atoms with van der Waals surface area (Å²) in [4.78, 5) is 12.2. The monoisotopic (exact) mass is 161 g/mol. The van der Waals surface area contributed by atoms with Crippen molar-refractivity contribution in [2.75, 3.05) is 0 Å². The van der Waals surface area contributed by atoms with Crippen LogP contribution in [-0.2, 0) is 14.8 Å². The van der Waals surface area contributed by atoms with Crippen LogP contribution in [0.1, 0.15) is 0 Å². The lowest BCUT2D eigenvalue weighted by Crippen LogP contribution is -2.06. The smallest absolute Gasteiger partial charge is 0.276 e. The first kappa shape index (κ1) is 8.67. The standard InChI is InChI=1S/C3H3N3O3S/c1-2-3(7)10(8,9)6-5-4/h2H,1H2. The fraction of sp³-hybridized carbons (Fsp3) is 0. The van der Waals surface area contributed by atoms with Crippen molar-refractivity contribution in [1.82, 2.24) is 0 Å². The van der Waals surface area contributed by atoms with Gasteiger partial charge < -0.3 is 0 Å². The van der Waals surface area contributed by atoms with Crippen molar-refractivity contribution >= 4 is 15.1 Å². The number of nitrogens with zero attached hydrogens (tertiary/aromatic N) is 3. The number of carbonyl (C=O) groups is 1. The summed E-state index contributed by atoms with van der Waals surface area (Å²) in [6.07, 6.45) is 0.560. The Kier molecular flexibility index (Phi) is 2.60. The van der Waals surface area contributed by atoms with Crippen LogP contribution in [0.2, 0.25) is 0 Å². The molecule has 0 bridgehead atoms. The molecule has 0 rings (SSSR count). The second-order valence-corrected chi connectivity index (χ2v) is 2.69. The largest absolute Gasteiger partial charge is 0.301 e. The van der Waals surface area contributed by atoms with Crippen LogP contribution in [0.5, 0.6) is 0 Å². The number of rotatable bonds is 2. The topological polar surface area (TPSA) is 100.0 Å². The van der Waals surface area contributed by atoms with Gasteiger partial charge in [-0.3, -0.25) is 4.79 Å². The Morgan fingerprint density at radius 2 is 2.20 bits per heavy atom. The fourth-order valence-corrected chi connectivity index (χ4v) is 0.581. The Morgan fingerprint density at radius 3 is 2.50 bits per heavy atom. The van der Waals surface area contributed by atoms with Gasteiger partial charge in [-0.1, -0.05) is 6.58 Å². The number of carbonyl (C=O) groups excluding carboxylic acids is 1. The van der Waals surface area contributed by atoms with Gasteiger partial charge in [-0.25, -0.2) is 8.42 Å². The maximum absolute atomic E-state index is 10.3. The number of azide groups is 1. The molecule has 0 radical (unpaired) electrons. The fourth-order valence-electron chi connectivity index (χ4n) is 0.194. The van der Waals surface area contributed by atoms with E-state index < -0.39 is 15.1 Å². The molecule has 0 aliphatic heterocycles. The third kappa shape index (κ3) is 1.88. The van der Waals surface area contributed by atoms with E-state index in [2.05, 4.69) is 11.1 Å². The summed E-state index contributed by atoms with van der Waals surface area (Å²) in [5.41, 5.74) is 7.64. The quantitative estimate of drug-likeness (QED) is 0.252. The minimum Gasteiger partial charge on any atom is -0.276 e. The van der Waals surface area contributed by atoms with Crippen LogP contribution < -0.4 is 0 Å². The van der Waals surface area contributed by atoms with E-state index in [4.69, 9.17) is 5.53 Å². The third-order valence-electron chi connectivity index (χ3n) is 0.565. The second-order valence-electron chi connectivity index (χ2n) is 1.17. The van der Waals surface area contributed by atoms with Gasteiger partial charge in [0.15, 0.2) is 0 Å². The van der Waals surface area contributed by atoms with Gasteiger partial charge in [0.2, 0.25) is 0 Å². The summed E-state index contributed by atoms with van der Waals surface area (Å²) < 4.78 is 22.9. The molecule has 0 saturated heterocycles. The molecule has 10 heavy (non-hydrogen) atoms. The maximum atomic E-state index is 10.3. The van der Waals surface area contributed by atoms with E-state index in [9.17, 15) is 13.2 Å². The van der Waals surface area contributed by atoms with Crippen molar-refractivity contribution in [3.05, 3.63) is 23.1 Å². The Bertz CT molecular complexity index is 297. The lowest BCUT2D eigenvalue weighted by Gasteiger charge is -1.83. The van der Waals surface area contributed by atoms with E-state index in [0.29, 0.717) is 6.08 Å². The SMILES string of the molecule is C=CC(=O)S(=O)(=O)N=[N+]=[N-]. The molecule has 54 valence electrons. The van der Waals surface area contributed by atoms with Crippen LogP contribution in [0.3, 0.4) is 0 Å². The molecular weight excluding hydrogens is 158 g/mol. The molecule has 0 spiro atoms. The van der Waals surface area contributed by atoms with Crippen LogP contribution in [0, 0.1) is 0 Å². The van der Waals surface area contributed by atoms with Crippen LogP contribution in [0.15, 0.2) is 17.2 Å². The number of sulfonamides is 1. The van der Waals surface area contributed by atoms with Crippen LogP contribution in [0.4, 0.5) is 0 Å². The van der Waals surface area contributed by atoms with Crippen molar-refractivity contribution in [2.24, 2.45) is 4.52 Å². The van der Waals surface area contributed by atoms with E-state index >= 15 is 0 Å². The Balaban J connectivity index is 4.94. The van der Waals surface area contributed by atoms with Gasteiger partial charge in [0.25, 0.3) is 5.12 Å². The zero-order chi connectivity index (χ0) is 8.20. The highest BCUT2D eigenvalue weighted by Gasteiger charge is 2.15. The molecule has 0 heterocycles. The van der Waals surface area contributed by atoms with Crippen LogP contribution >= 0.6 is 0 Å². The highest BCUT2D eigenvalue weighted by molar-refractivity contribution is 8.05. The number of hydrogen-bond acceptors (Lipinski definition) is 3. The van der Waals surface area contributed by atoms with Gasteiger partial charge in [0.1, 0.15) is 0 Å². The van der Waals surface area contributed by atoms with E-state index in [1.165, 1.54) is 0 Å². The molecule has 0 aliphatic rings. The minimum atomic E-state index is -4.31. The summed E-state index contributed by atoms with van der Waals surface area (Å²) in [6, 6.07) is 0. The van der Waals surface area contributed by atoms with Crippen molar-refractivity contribution in [2.45, 2.75) is 0 Å². The van der Waals surface area contributed by atoms with Crippen molar-refractivity contribution < 1.29 is 13.2 Å². The zero-order valence-electron chi connectivity index (χ0n) is 4.76. The van der Waals surface area contributed by atoms with E-state index in [1.54, 1.807) is 0 Å². The highest BCUT2D eigenvalue weighted by atomic mass is 32.2. The molecule has 0 amide bonds. The van der Waals surface area contributed by atoms with Gasteiger partial charge >= 0.3 is 10.0 Å². The van der Waals surface area contributed by atoms with E-state index in [1.807, 2.05) is 4.91 Å². The average Bonchev–Trinajstić information content (AvgIpc) is 1.86. The molecule has 7 heteroatoms. The molecular formula is C3H3N3O3S. The maximum Gasteiger partial charge on any atom is 0.301 e. The molecule has 0 aliphatic carbocycles. The molecule has 0 aromatic rings. The van der Waals surface area contributed by atoms with Gasteiger partial charge in [0, 0.05) is 9.43 Å². The molecule has 6 nitrogen and oxygen atoms in total. The Morgan fingerprint density at radius 1 is 1.70 bits per heavy atom. The summed E-state index contributed by atoms with van der Waals surface area (Å²) in [5.74, 6) is 0. The lowest BCUT2D eigenvalue weighted by molar-refractivity contribution is -0.107.